The molecule has 7 aliphatic carbocycles. The van der Waals surface area contributed by atoms with E-state index in [4.69, 9.17) is 0 Å². The molecule has 7 aliphatic rings. The molecule has 0 nitrogen and oxygen atoms in total. The lowest BCUT2D eigenvalue weighted by Gasteiger charge is -2.43. The number of hydrogen-bond donors (Lipinski definition) is 0. The summed E-state index contributed by atoms with van der Waals surface area (Å²) in [6.07, 6.45) is 35.4. The maximum absolute atomic E-state index is 3.46. The molecule has 0 N–H and O–H groups in total. The molecule has 2 spiro atoms. The van der Waals surface area contributed by atoms with Crippen LogP contribution in [-0.2, 0) is 0 Å². The lowest BCUT2D eigenvalue weighted by atomic mass is 9.57. The highest BCUT2D eigenvalue weighted by Gasteiger charge is 2.71. The second-order valence-corrected chi connectivity index (χ2v) is 9.17. The van der Waals surface area contributed by atoms with Crippen molar-refractivity contribution in [2.45, 2.75) is 20.3 Å². The summed E-state index contributed by atoms with van der Waals surface area (Å²) in [6.45, 7) is 7.91. The monoisotopic (exact) mass is 374 g/mol. The van der Waals surface area contributed by atoms with Gasteiger partial charge in [-0.2, -0.15) is 0 Å². The summed E-state index contributed by atoms with van der Waals surface area (Å²) >= 11 is 0. The molecule has 4 unspecified atom stereocenters. The molecule has 7 rings (SSSR count). The van der Waals surface area contributed by atoms with E-state index in [1.54, 1.807) is 17.2 Å². The number of hydrogen-bond acceptors (Lipinski definition) is 0. The zero-order chi connectivity index (χ0) is 19.9. The first-order valence-corrected chi connectivity index (χ1v) is 10.7. The van der Waals surface area contributed by atoms with Gasteiger partial charge in [0.05, 0.1) is 0 Å². The van der Waals surface area contributed by atoms with Crippen molar-refractivity contribution in [3.63, 3.8) is 0 Å². The lowest BCUT2D eigenvalue weighted by molar-refractivity contribution is 0.210. The summed E-state index contributed by atoms with van der Waals surface area (Å²) in [7, 11) is 0. The van der Waals surface area contributed by atoms with E-state index < -0.39 is 0 Å². The lowest BCUT2D eigenvalue weighted by Crippen LogP contribution is -2.38. The Kier molecular flexibility index (Phi) is 3.17. The van der Waals surface area contributed by atoms with Crippen LogP contribution in [0.3, 0.4) is 0 Å². The molecule has 0 fully saturated rings. The first-order chi connectivity index (χ1) is 14.1. The van der Waals surface area contributed by atoms with Crippen molar-refractivity contribution in [2.24, 2.45) is 22.2 Å². The van der Waals surface area contributed by atoms with Crippen molar-refractivity contribution in [3.05, 3.63) is 131 Å². The van der Waals surface area contributed by atoms with Crippen molar-refractivity contribution in [2.75, 3.05) is 0 Å². The van der Waals surface area contributed by atoms with Gasteiger partial charge < -0.3 is 0 Å². The van der Waals surface area contributed by atoms with Crippen LogP contribution in [0.25, 0.3) is 0 Å². The predicted molar refractivity (Wildman–Crippen MR) is 122 cm³/mol. The van der Waals surface area contributed by atoms with Gasteiger partial charge in [-0.3, -0.25) is 0 Å². The first kappa shape index (κ1) is 17.0. The minimum Gasteiger partial charge on any atom is -0.0991 e. The SMILES string of the molecule is C=C/C=C/C.CC12C3=CC4=CC=C5C=CC6C=CC7=C(C=C1C=CC=C3)C42CC576. The average Bonchev–Trinajstić information content (AvgIpc) is 3.35. The summed E-state index contributed by atoms with van der Waals surface area (Å²) in [6, 6.07) is 0. The van der Waals surface area contributed by atoms with E-state index in [1.165, 1.54) is 28.7 Å². The van der Waals surface area contributed by atoms with Gasteiger partial charge in [-0.15, -0.1) is 0 Å². The molecule has 0 saturated heterocycles. The van der Waals surface area contributed by atoms with E-state index in [2.05, 4.69) is 86.4 Å². The van der Waals surface area contributed by atoms with Gasteiger partial charge in [0.1, 0.15) is 0 Å². The predicted octanol–water partition coefficient (Wildman–Crippen LogP) is 7.04. The number of allylic oxidation sites excluding steroid dienone is 21. The molecule has 0 heteroatoms. The molecule has 0 aromatic rings. The molecule has 142 valence electrons. The van der Waals surface area contributed by atoms with E-state index in [0.717, 1.165) is 0 Å². The molecule has 2 bridgehead atoms. The Morgan fingerprint density at radius 3 is 2.34 bits per heavy atom. The van der Waals surface area contributed by atoms with Crippen LogP contribution in [0.4, 0.5) is 0 Å². The topological polar surface area (TPSA) is 0 Å². The van der Waals surface area contributed by atoms with E-state index >= 15 is 0 Å². The van der Waals surface area contributed by atoms with Crippen LogP contribution in [0.5, 0.6) is 0 Å². The van der Waals surface area contributed by atoms with Gasteiger partial charge in [0.25, 0.3) is 0 Å². The fourth-order valence-corrected chi connectivity index (χ4v) is 7.06. The standard InChI is InChI=1S/C24H18.C5H8/c1-22-17-4-2-3-5-18(22)13-21-20-11-10-16-7-6-15-8-9-19(12-17)24(21,22)14-23(15,16)20;1-3-5-4-2/h2-13,16H,14H2,1H3;3-5H,1H2,2H3/b;5-4+. The van der Waals surface area contributed by atoms with Crippen LogP contribution in [-0.4, -0.2) is 0 Å². The molecule has 0 saturated carbocycles. The zero-order valence-electron chi connectivity index (χ0n) is 17.2. The molecule has 0 aliphatic heterocycles. The van der Waals surface area contributed by atoms with Crippen molar-refractivity contribution < 1.29 is 0 Å². The second-order valence-electron chi connectivity index (χ2n) is 9.17. The molecule has 0 aromatic heterocycles. The third-order valence-electron chi connectivity index (χ3n) is 8.36. The van der Waals surface area contributed by atoms with Gasteiger partial charge >= 0.3 is 0 Å². The molecule has 0 amide bonds. The van der Waals surface area contributed by atoms with E-state index in [1.807, 2.05) is 19.1 Å². The Labute approximate surface area is 173 Å². The Bertz CT molecular complexity index is 1160. The molecule has 29 heavy (non-hydrogen) atoms. The van der Waals surface area contributed by atoms with Gasteiger partial charge in [-0.25, -0.2) is 0 Å². The van der Waals surface area contributed by atoms with Gasteiger partial charge in [-0.1, -0.05) is 105 Å². The molecule has 0 aromatic carbocycles. The normalized spacial score (nSPS) is 40.1. The fourth-order valence-electron chi connectivity index (χ4n) is 7.06. The minimum absolute atomic E-state index is 0.0913. The maximum Gasteiger partial charge on any atom is 0.0352 e. The highest BCUT2D eigenvalue weighted by Crippen LogP contribution is 2.80. The van der Waals surface area contributed by atoms with Gasteiger partial charge in [0.2, 0.25) is 0 Å². The van der Waals surface area contributed by atoms with Crippen molar-refractivity contribution in [1.82, 2.24) is 0 Å². The Balaban J connectivity index is 0.000000300. The molecular formula is C29H26. The quantitative estimate of drug-likeness (QED) is 0.432. The van der Waals surface area contributed by atoms with E-state index in [-0.39, 0.29) is 16.2 Å². The van der Waals surface area contributed by atoms with Crippen LogP contribution in [0.2, 0.25) is 0 Å². The first-order valence-electron chi connectivity index (χ1n) is 10.7. The summed E-state index contributed by atoms with van der Waals surface area (Å²) in [5.74, 6) is 0.556. The Morgan fingerprint density at radius 1 is 0.897 bits per heavy atom. The van der Waals surface area contributed by atoms with Crippen LogP contribution in [0, 0.1) is 22.2 Å². The van der Waals surface area contributed by atoms with Crippen molar-refractivity contribution >= 4 is 0 Å². The highest BCUT2D eigenvalue weighted by molar-refractivity contribution is 5.77. The van der Waals surface area contributed by atoms with Crippen LogP contribution >= 0.6 is 0 Å². The second kappa shape index (κ2) is 5.39. The van der Waals surface area contributed by atoms with Crippen molar-refractivity contribution in [3.8, 4) is 0 Å². The third kappa shape index (κ3) is 1.66. The van der Waals surface area contributed by atoms with E-state index in [0.29, 0.717) is 5.92 Å². The van der Waals surface area contributed by atoms with Crippen molar-refractivity contribution in [1.29, 1.82) is 0 Å². The fraction of sp³-hybridized carbons (Fsp3) is 0.241. The smallest absolute Gasteiger partial charge is 0.0352 e. The van der Waals surface area contributed by atoms with E-state index in [9.17, 15) is 0 Å². The van der Waals surface area contributed by atoms with Gasteiger partial charge in [-0.05, 0) is 46.8 Å². The third-order valence-corrected chi connectivity index (χ3v) is 8.36. The summed E-state index contributed by atoms with van der Waals surface area (Å²) in [5, 5.41) is 0. The van der Waals surface area contributed by atoms with Crippen LogP contribution in [0.15, 0.2) is 131 Å². The summed E-state index contributed by atoms with van der Waals surface area (Å²) in [4.78, 5) is 0. The largest absolute Gasteiger partial charge is 0.0991 e. The molecule has 0 radical (unpaired) electrons. The Hall–Kier alpha value is -2.86. The highest BCUT2D eigenvalue weighted by atomic mass is 14.7. The number of rotatable bonds is 1. The Morgan fingerprint density at radius 2 is 1.62 bits per heavy atom. The molecular weight excluding hydrogens is 348 g/mol. The maximum atomic E-state index is 3.46. The van der Waals surface area contributed by atoms with Crippen LogP contribution < -0.4 is 0 Å². The van der Waals surface area contributed by atoms with Crippen LogP contribution in [0.1, 0.15) is 20.3 Å². The van der Waals surface area contributed by atoms with Gasteiger partial charge in [0, 0.05) is 22.2 Å². The molecule has 0 heterocycles. The summed E-state index contributed by atoms with van der Waals surface area (Å²) < 4.78 is 0. The zero-order valence-corrected chi connectivity index (χ0v) is 17.2. The van der Waals surface area contributed by atoms with Gasteiger partial charge in [0.15, 0.2) is 0 Å². The summed E-state index contributed by atoms with van der Waals surface area (Å²) in [5.41, 5.74) is 9.67. The minimum atomic E-state index is 0.0913. The average molecular weight is 375 g/mol. The molecule has 4 atom stereocenters.